The van der Waals surface area contributed by atoms with Gasteiger partial charge in [-0.15, -0.1) is 0 Å². The quantitative estimate of drug-likeness (QED) is 0.735. The highest BCUT2D eigenvalue weighted by Gasteiger charge is 2.31. The van der Waals surface area contributed by atoms with Gasteiger partial charge in [0.15, 0.2) is 0 Å². The molecule has 1 unspecified atom stereocenters. The summed E-state index contributed by atoms with van der Waals surface area (Å²) in [4.78, 5) is 0. The number of nitrogens with one attached hydrogen (secondary N) is 1. The molecule has 0 saturated heterocycles. The van der Waals surface area contributed by atoms with Crippen LogP contribution in [-0.4, -0.2) is 24.3 Å². The van der Waals surface area contributed by atoms with Crippen molar-refractivity contribution in [1.82, 2.24) is 5.32 Å². The van der Waals surface area contributed by atoms with Crippen LogP contribution in [0.5, 0.6) is 0 Å². The summed E-state index contributed by atoms with van der Waals surface area (Å²) in [5, 5.41) is 12.6. The van der Waals surface area contributed by atoms with Crippen molar-refractivity contribution in [2.75, 3.05) is 13.2 Å². The fourth-order valence-electron chi connectivity index (χ4n) is 2.42. The van der Waals surface area contributed by atoms with Crippen LogP contribution >= 0.6 is 0 Å². The zero-order valence-electron chi connectivity index (χ0n) is 10.8. The van der Waals surface area contributed by atoms with Crippen LogP contribution in [0.4, 0.5) is 0 Å². The molecule has 0 aromatic heterocycles. The van der Waals surface area contributed by atoms with Gasteiger partial charge in [0, 0.05) is 19.2 Å². The van der Waals surface area contributed by atoms with Crippen LogP contribution in [-0.2, 0) is 0 Å². The lowest BCUT2D eigenvalue weighted by atomic mass is 9.89. The van der Waals surface area contributed by atoms with Gasteiger partial charge >= 0.3 is 0 Å². The molecule has 0 amide bonds. The van der Waals surface area contributed by atoms with E-state index in [4.69, 9.17) is 5.11 Å². The van der Waals surface area contributed by atoms with E-state index in [0.29, 0.717) is 18.1 Å². The summed E-state index contributed by atoms with van der Waals surface area (Å²) in [5.41, 5.74) is 0.750. The molecule has 0 heterocycles. The molecule has 2 nitrogen and oxygen atoms in total. The Labute approximate surface area is 94.5 Å². The fraction of sp³-hybridized carbons (Fsp3) is 1.00. The standard InChI is InChI=1S/C13H27NO/c1-12(2)6-5-11(9-12)14-10-13(3,4)7-8-15/h11,14-15H,5-10H2,1-4H3. The van der Waals surface area contributed by atoms with Crippen LogP contribution < -0.4 is 5.32 Å². The average Bonchev–Trinajstić information content (AvgIpc) is 2.42. The zero-order valence-corrected chi connectivity index (χ0v) is 10.8. The van der Waals surface area contributed by atoms with E-state index >= 15 is 0 Å². The Morgan fingerprint density at radius 1 is 1.40 bits per heavy atom. The highest BCUT2D eigenvalue weighted by Crippen LogP contribution is 2.37. The molecule has 0 radical (unpaired) electrons. The third-order valence-electron chi connectivity index (χ3n) is 3.63. The molecule has 90 valence electrons. The zero-order chi connectivity index (χ0) is 11.5. The Bertz CT molecular complexity index is 199. The minimum atomic E-state index is 0.224. The van der Waals surface area contributed by atoms with Crippen molar-refractivity contribution in [2.45, 2.75) is 59.4 Å². The number of aliphatic hydroxyl groups excluding tert-OH is 1. The van der Waals surface area contributed by atoms with Crippen molar-refractivity contribution in [2.24, 2.45) is 10.8 Å². The molecule has 2 heteroatoms. The Balaban J connectivity index is 2.26. The van der Waals surface area contributed by atoms with Crippen molar-refractivity contribution in [3.63, 3.8) is 0 Å². The first kappa shape index (κ1) is 13.0. The van der Waals surface area contributed by atoms with Crippen LogP contribution in [0.1, 0.15) is 53.4 Å². The second-order valence-electron chi connectivity index (χ2n) is 6.62. The van der Waals surface area contributed by atoms with Gasteiger partial charge in [0.2, 0.25) is 0 Å². The monoisotopic (exact) mass is 213 g/mol. The normalized spacial score (nSPS) is 25.8. The van der Waals surface area contributed by atoms with Crippen molar-refractivity contribution in [3.8, 4) is 0 Å². The summed E-state index contributed by atoms with van der Waals surface area (Å²) in [6, 6.07) is 0.693. The van der Waals surface area contributed by atoms with Crippen molar-refractivity contribution < 1.29 is 5.11 Å². The van der Waals surface area contributed by atoms with E-state index in [1.165, 1.54) is 19.3 Å². The lowest BCUT2D eigenvalue weighted by Crippen LogP contribution is -2.36. The molecule has 0 aromatic rings. The van der Waals surface area contributed by atoms with Gasteiger partial charge in [0.1, 0.15) is 0 Å². The van der Waals surface area contributed by atoms with Crippen molar-refractivity contribution in [3.05, 3.63) is 0 Å². The van der Waals surface area contributed by atoms with Gasteiger partial charge in [-0.1, -0.05) is 27.7 Å². The highest BCUT2D eigenvalue weighted by atomic mass is 16.3. The maximum atomic E-state index is 8.95. The Kier molecular flexibility index (Phi) is 4.19. The summed E-state index contributed by atoms with van der Waals surface area (Å²) in [6.07, 6.45) is 4.83. The molecular formula is C13H27NO. The summed E-state index contributed by atoms with van der Waals surface area (Å²) < 4.78 is 0. The van der Waals surface area contributed by atoms with Gasteiger partial charge < -0.3 is 10.4 Å². The van der Waals surface area contributed by atoms with E-state index in [9.17, 15) is 0 Å². The van der Waals surface area contributed by atoms with E-state index in [-0.39, 0.29) is 5.41 Å². The molecular weight excluding hydrogens is 186 g/mol. The van der Waals surface area contributed by atoms with Gasteiger partial charge in [-0.05, 0) is 36.5 Å². The van der Waals surface area contributed by atoms with Gasteiger partial charge in [-0.25, -0.2) is 0 Å². The van der Waals surface area contributed by atoms with Gasteiger partial charge in [-0.2, -0.15) is 0 Å². The number of rotatable bonds is 5. The molecule has 15 heavy (non-hydrogen) atoms. The Hall–Kier alpha value is -0.0800. The first-order chi connectivity index (χ1) is 6.85. The fourth-order valence-corrected chi connectivity index (χ4v) is 2.42. The number of aliphatic hydroxyl groups is 1. The minimum absolute atomic E-state index is 0.224. The van der Waals surface area contributed by atoms with Crippen LogP contribution in [0.15, 0.2) is 0 Å². The predicted octanol–water partition coefficient (Wildman–Crippen LogP) is 2.56. The largest absolute Gasteiger partial charge is 0.396 e. The van der Waals surface area contributed by atoms with E-state index < -0.39 is 0 Å². The molecule has 0 aliphatic heterocycles. The highest BCUT2D eigenvalue weighted by molar-refractivity contribution is 4.87. The van der Waals surface area contributed by atoms with E-state index in [2.05, 4.69) is 33.0 Å². The summed E-state index contributed by atoms with van der Waals surface area (Å²) in [5.74, 6) is 0. The molecule has 1 aliphatic carbocycles. The molecule has 1 fully saturated rings. The van der Waals surface area contributed by atoms with Gasteiger partial charge in [0.25, 0.3) is 0 Å². The average molecular weight is 213 g/mol. The Morgan fingerprint density at radius 3 is 2.53 bits per heavy atom. The molecule has 1 rings (SSSR count). The topological polar surface area (TPSA) is 32.3 Å². The summed E-state index contributed by atoms with van der Waals surface area (Å²) in [7, 11) is 0. The third kappa shape index (κ3) is 4.52. The molecule has 2 N–H and O–H groups in total. The second kappa shape index (κ2) is 4.84. The summed E-state index contributed by atoms with van der Waals surface area (Å²) in [6.45, 7) is 10.5. The maximum Gasteiger partial charge on any atom is 0.0436 e. The first-order valence-corrected chi connectivity index (χ1v) is 6.19. The number of hydrogen-bond donors (Lipinski definition) is 2. The van der Waals surface area contributed by atoms with Gasteiger partial charge in [0.05, 0.1) is 0 Å². The van der Waals surface area contributed by atoms with Crippen LogP contribution in [0, 0.1) is 10.8 Å². The lowest BCUT2D eigenvalue weighted by Gasteiger charge is -2.27. The van der Waals surface area contributed by atoms with Crippen LogP contribution in [0.2, 0.25) is 0 Å². The molecule has 1 saturated carbocycles. The van der Waals surface area contributed by atoms with Gasteiger partial charge in [-0.3, -0.25) is 0 Å². The van der Waals surface area contributed by atoms with E-state index in [0.717, 1.165) is 13.0 Å². The molecule has 1 atom stereocenters. The van der Waals surface area contributed by atoms with E-state index in [1.54, 1.807) is 0 Å². The number of hydrogen-bond acceptors (Lipinski definition) is 2. The van der Waals surface area contributed by atoms with Crippen molar-refractivity contribution in [1.29, 1.82) is 0 Å². The van der Waals surface area contributed by atoms with Crippen LogP contribution in [0.3, 0.4) is 0 Å². The lowest BCUT2D eigenvalue weighted by molar-refractivity contribution is 0.201. The smallest absolute Gasteiger partial charge is 0.0436 e. The molecule has 0 aromatic carbocycles. The first-order valence-electron chi connectivity index (χ1n) is 6.19. The maximum absolute atomic E-state index is 8.95. The predicted molar refractivity (Wildman–Crippen MR) is 64.9 cm³/mol. The SMILES string of the molecule is CC(C)(CCO)CNC1CCC(C)(C)C1. The second-order valence-corrected chi connectivity index (χ2v) is 6.62. The van der Waals surface area contributed by atoms with Crippen molar-refractivity contribution >= 4 is 0 Å². The summed E-state index contributed by atoms with van der Waals surface area (Å²) >= 11 is 0. The third-order valence-corrected chi connectivity index (χ3v) is 3.63. The van der Waals surface area contributed by atoms with E-state index in [1.807, 2.05) is 0 Å². The molecule has 0 bridgehead atoms. The van der Waals surface area contributed by atoms with Crippen LogP contribution in [0.25, 0.3) is 0 Å². The minimum Gasteiger partial charge on any atom is -0.396 e. The molecule has 0 spiro atoms. The Morgan fingerprint density at radius 2 is 2.07 bits per heavy atom. The molecule has 1 aliphatic rings.